The summed E-state index contributed by atoms with van der Waals surface area (Å²) in [7, 11) is 0. The molecule has 0 heterocycles. The molecule has 0 bridgehead atoms. The second-order valence-electron chi connectivity index (χ2n) is 5.55. The highest BCUT2D eigenvalue weighted by molar-refractivity contribution is 5.95. The summed E-state index contributed by atoms with van der Waals surface area (Å²) in [6.45, 7) is 6.65. The standard InChI is InChI=1S/C17H24N2O5/c1-5-13(4)18-17(22)19-15(20)9-24-16(21)10-23-14-8-11(2)6-7-12(14)3/h6-8,13H,5,9-10H2,1-4H3,(H2,18,19,20,22)/t13-/m1/s1. The van der Waals surface area contributed by atoms with E-state index in [4.69, 9.17) is 9.47 Å². The van der Waals surface area contributed by atoms with Crippen molar-refractivity contribution in [1.29, 1.82) is 0 Å². The fourth-order valence-electron chi connectivity index (χ4n) is 1.71. The van der Waals surface area contributed by atoms with E-state index in [1.165, 1.54) is 0 Å². The number of aryl methyl sites for hydroxylation is 2. The Labute approximate surface area is 141 Å². The van der Waals surface area contributed by atoms with E-state index >= 15 is 0 Å². The van der Waals surface area contributed by atoms with Crippen LogP contribution in [0, 0.1) is 13.8 Å². The van der Waals surface area contributed by atoms with E-state index in [2.05, 4.69) is 10.6 Å². The van der Waals surface area contributed by atoms with Gasteiger partial charge in [-0.25, -0.2) is 9.59 Å². The molecule has 0 aliphatic heterocycles. The van der Waals surface area contributed by atoms with Crippen LogP contribution in [0.4, 0.5) is 4.79 Å². The van der Waals surface area contributed by atoms with Crippen LogP contribution >= 0.6 is 0 Å². The molecule has 0 aliphatic carbocycles. The molecule has 7 nitrogen and oxygen atoms in total. The molecule has 1 aromatic carbocycles. The summed E-state index contributed by atoms with van der Waals surface area (Å²) in [5.41, 5.74) is 1.91. The predicted octanol–water partition coefficient (Wildman–Crippen LogP) is 1.85. The van der Waals surface area contributed by atoms with E-state index in [1.807, 2.05) is 45.9 Å². The van der Waals surface area contributed by atoms with Crippen molar-refractivity contribution in [3.05, 3.63) is 29.3 Å². The Morgan fingerprint density at radius 1 is 1.17 bits per heavy atom. The van der Waals surface area contributed by atoms with Gasteiger partial charge in [-0.2, -0.15) is 0 Å². The molecule has 0 radical (unpaired) electrons. The van der Waals surface area contributed by atoms with Gasteiger partial charge in [-0.1, -0.05) is 19.1 Å². The summed E-state index contributed by atoms with van der Waals surface area (Å²) in [6.07, 6.45) is 0.742. The average molecular weight is 336 g/mol. The predicted molar refractivity (Wildman–Crippen MR) is 88.8 cm³/mol. The number of nitrogens with one attached hydrogen (secondary N) is 2. The molecular weight excluding hydrogens is 312 g/mol. The van der Waals surface area contributed by atoms with Crippen molar-refractivity contribution in [1.82, 2.24) is 10.6 Å². The first-order valence-corrected chi connectivity index (χ1v) is 7.77. The quantitative estimate of drug-likeness (QED) is 0.741. The largest absolute Gasteiger partial charge is 0.482 e. The number of hydrogen-bond acceptors (Lipinski definition) is 5. The van der Waals surface area contributed by atoms with Gasteiger partial charge in [-0.05, 0) is 44.4 Å². The van der Waals surface area contributed by atoms with Crippen LogP contribution in [0.3, 0.4) is 0 Å². The SMILES string of the molecule is CC[C@@H](C)NC(=O)NC(=O)COC(=O)COc1cc(C)ccc1C. The molecule has 0 spiro atoms. The van der Waals surface area contributed by atoms with Crippen LogP contribution < -0.4 is 15.4 Å². The van der Waals surface area contributed by atoms with E-state index in [-0.39, 0.29) is 12.6 Å². The second kappa shape index (κ2) is 9.54. The van der Waals surface area contributed by atoms with Gasteiger partial charge in [0.25, 0.3) is 5.91 Å². The molecule has 0 saturated carbocycles. The third-order valence-electron chi connectivity index (χ3n) is 3.30. The van der Waals surface area contributed by atoms with Crippen LogP contribution in [-0.2, 0) is 14.3 Å². The normalized spacial score (nSPS) is 11.3. The lowest BCUT2D eigenvalue weighted by Gasteiger charge is -2.12. The minimum Gasteiger partial charge on any atom is -0.482 e. The van der Waals surface area contributed by atoms with Crippen molar-refractivity contribution in [2.45, 2.75) is 40.2 Å². The molecular formula is C17H24N2O5. The van der Waals surface area contributed by atoms with Crippen molar-refractivity contribution in [3.63, 3.8) is 0 Å². The number of urea groups is 1. The Morgan fingerprint density at radius 3 is 2.54 bits per heavy atom. The van der Waals surface area contributed by atoms with Crippen LogP contribution in [0.15, 0.2) is 18.2 Å². The Kier molecular flexibility index (Phi) is 7.74. The molecule has 1 rings (SSSR count). The molecule has 0 fully saturated rings. The molecule has 0 saturated heterocycles. The van der Waals surface area contributed by atoms with Crippen molar-refractivity contribution in [3.8, 4) is 5.75 Å². The highest BCUT2D eigenvalue weighted by atomic mass is 16.6. The highest BCUT2D eigenvalue weighted by Crippen LogP contribution is 2.18. The van der Waals surface area contributed by atoms with Crippen molar-refractivity contribution < 1.29 is 23.9 Å². The number of rotatable bonds is 7. The number of ether oxygens (including phenoxy) is 2. The summed E-state index contributed by atoms with van der Waals surface area (Å²) in [4.78, 5) is 34.5. The van der Waals surface area contributed by atoms with Crippen LogP contribution in [0.25, 0.3) is 0 Å². The number of carbonyl (C=O) groups excluding carboxylic acids is 3. The summed E-state index contributed by atoms with van der Waals surface area (Å²) in [6, 6.07) is 4.98. The first-order chi connectivity index (χ1) is 11.3. The molecule has 0 unspecified atom stereocenters. The van der Waals surface area contributed by atoms with E-state index in [9.17, 15) is 14.4 Å². The maximum absolute atomic E-state index is 11.6. The maximum atomic E-state index is 11.6. The van der Waals surface area contributed by atoms with E-state index in [0.29, 0.717) is 5.75 Å². The molecule has 0 aromatic heterocycles. The van der Waals surface area contributed by atoms with Gasteiger partial charge in [0.05, 0.1) is 0 Å². The summed E-state index contributed by atoms with van der Waals surface area (Å²) < 4.78 is 10.1. The number of hydrogen-bond donors (Lipinski definition) is 2. The summed E-state index contributed by atoms with van der Waals surface area (Å²) >= 11 is 0. The van der Waals surface area contributed by atoms with Gasteiger partial charge >= 0.3 is 12.0 Å². The number of amides is 3. The van der Waals surface area contributed by atoms with Gasteiger partial charge in [0.15, 0.2) is 13.2 Å². The summed E-state index contributed by atoms with van der Waals surface area (Å²) in [5, 5.41) is 4.65. The fraction of sp³-hybridized carbons (Fsp3) is 0.471. The van der Waals surface area contributed by atoms with Gasteiger partial charge in [-0.15, -0.1) is 0 Å². The lowest BCUT2D eigenvalue weighted by molar-refractivity contribution is -0.150. The second-order valence-corrected chi connectivity index (χ2v) is 5.55. The molecule has 1 aromatic rings. The van der Waals surface area contributed by atoms with Crippen LogP contribution in [0.2, 0.25) is 0 Å². The molecule has 0 aliphatic rings. The zero-order chi connectivity index (χ0) is 18.1. The van der Waals surface area contributed by atoms with Crippen molar-refractivity contribution in [2.24, 2.45) is 0 Å². The molecule has 1 atom stereocenters. The van der Waals surface area contributed by atoms with Crippen LogP contribution in [-0.4, -0.2) is 37.2 Å². The van der Waals surface area contributed by atoms with E-state index in [0.717, 1.165) is 17.5 Å². The molecule has 2 N–H and O–H groups in total. The Balaban J connectivity index is 2.31. The van der Waals surface area contributed by atoms with E-state index in [1.54, 1.807) is 0 Å². The molecule has 3 amide bonds. The van der Waals surface area contributed by atoms with Gasteiger partial charge in [0.1, 0.15) is 5.75 Å². The topological polar surface area (TPSA) is 93.7 Å². The lowest BCUT2D eigenvalue weighted by atomic mass is 10.1. The Bertz CT molecular complexity index is 601. The minimum absolute atomic E-state index is 0.0497. The highest BCUT2D eigenvalue weighted by Gasteiger charge is 2.13. The average Bonchev–Trinajstić information content (AvgIpc) is 2.53. The Hall–Kier alpha value is -2.57. The lowest BCUT2D eigenvalue weighted by Crippen LogP contribution is -2.44. The molecule has 24 heavy (non-hydrogen) atoms. The first kappa shape index (κ1) is 19.5. The smallest absolute Gasteiger partial charge is 0.344 e. The monoisotopic (exact) mass is 336 g/mol. The number of esters is 1. The minimum atomic E-state index is -0.698. The van der Waals surface area contributed by atoms with Gasteiger partial charge in [-0.3, -0.25) is 10.1 Å². The third-order valence-corrected chi connectivity index (χ3v) is 3.30. The fourth-order valence-corrected chi connectivity index (χ4v) is 1.71. The van der Waals surface area contributed by atoms with Crippen molar-refractivity contribution >= 4 is 17.9 Å². The van der Waals surface area contributed by atoms with Gasteiger partial charge < -0.3 is 14.8 Å². The third kappa shape index (κ3) is 7.13. The summed E-state index contributed by atoms with van der Waals surface area (Å²) in [5.74, 6) is -0.798. The molecule has 132 valence electrons. The van der Waals surface area contributed by atoms with E-state index < -0.39 is 24.5 Å². The Morgan fingerprint density at radius 2 is 1.88 bits per heavy atom. The van der Waals surface area contributed by atoms with Crippen molar-refractivity contribution in [2.75, 3.05) is 13.2 Å². The van der Waals surface area contributed by atoms with Crippen LogP contribution in [0.5, 0.6) is 5.75 Å². The number of imide groups is 1. The number of carbonyl (C=O) groups is 3. The maximum Gasteiger partial charge on any atom is 0.344 e. The van der Waals surface area contributed by atoms with Gasteiger partial charge in [0, 0.05) is 6.04 Å². The number of benzene rings is 1. The van der Waals surface area contributed by atoms with Crippen LogP contribution in [0.1, 0.15) is 31.4 Å². The molecule has 7 heteroatoms. The van der Waals surface area contributed by atoms with Gasteiger partial charge in [0.2, 0.25) is 0 Å². The zero-order valence-corrected chi connectivity index (χ0v) is 14.5. The first-order valence-electron chi connectivity index (χ1n) is 7.77. The zero-order valence-electron chi connectivity index (χ0n) is 14.5.